The van der Waals surface area contributed by atoms with Crippen LogP contribution in [0, 0.1) is 5.92 Å². The lowest BCUT2D eigenvalue weighted by atomic mass is 9.85. The number of hydrogen-bond donors (Lipinski definition) is 0. The van der Waals surface area contributed by atoms with Crippen molar-refractivity contribution in [3.8, 4) is 0 Å². The lowest BCUT2D eigenvalue weighted by molar-refractivity contribution is -0.0722. The average Bonchev–Trinajstić information content (AvgIpc) is 2.22. The highest BCUT2D eigenvalue weighted by Crippen LogP contribution is 2.31. The summed E-state index contributed by atoms with van der Waals surface area (Å²) in [7, 11) is 0. The van der Waals surface area contributed by atoms with Gasteiger partial charge in [-0.2, -0.15) is 0 Å². The van der Waals surface area contributed by atoms with Crippen molar-refractivity contribution in [3.63, 3.8) is 0 Å². The molecule has 0 bridgehead atoms. The Labute approximate surface area is 116 Å². The molecule has 1 aromatic heterocycles. The Morgan fingerprint density at radius 3 is 2.94 bits per heavy atom. The number of halogens is 2. The van der Waals surface area contributed by atoms with Gasteiger partial charge in [0.2, 0.25) is 0 Å². The Morgan fingerprint density at radius 2 is 2.29 bits per heavy atom. The largest absolute Gasteiger partial charge is 0.376 e. The summed E-state index contributed by atoms with van der Waals surface area (Å²) in [4.78, 5) is 4.46. The van der Waals surface area contributed by atoms with Gasteiger partial charge in [-0.25, -0.2) is 4.98 Å². The van der Waals surface area contributed by atoms with E-state index in [1.54, 1.807) is 0 Å². The second-order valence-electron chi connectivity index (χ2n) is 5.25. The topological polar surface area (TPSA) is 22.1 Å². The number of nitrogens with zero attached hydrogens (tertiary/aromatic N) is 1. The summed E-state index contributed by atoms with van der Waals surface area (Å²) in [5.41, 5.74) is 1.11. The van der Waals surface area contributed by atoms with Crippen molar-refractivity contribution in [1.29, 1.82) is 0 Å². The molecule has 0 saturated carbocycles. The second kappa shape index (κ2) is 5.25. The molecule has 1 saturated heterocycles. The minimum Gasteiger partial charge on any atom is -0.376 e. The Morgan fingerprint density at radius 1 is 1.53 bits per heavy atom. The van der Waals surface area contributed by atoms with E-state index in [0.717, 1.165) is 36.2 Å². The predicted octanol–water partition coefficient (Wildman–Crippen LogP) is 4.25. The van der Waals surface area contributed by atoms with Crippen LogP contribution in [0.25, 0.3) is 0 Å². The number of rotatable bonds is 2. The number of hydrogen-bond acceptors (Lipinski definition) is 2. The minimum absolute atomic E-state index is 0.00652. The summed E-state index contributed by atoms with van der Waals surface area (Å²) in [5.74, 6) is 0.652. The zero-order chi connectivity index (χ0) is 12.5. The van der Waals surface area contributed by atoms with Gasteiger partial charge in [0, 0.05) is 12.3 Å². The van der Waals surface area contributed by atoms with Gasteiger partial charge in [0.05, 0.1) is 10.6 Å². The van der Waals surface area contributed by atoms with Gasteiger partial charge in [-0.15, -0.1) is 0 Å². The monoisotopic (exact) mass is 317 g/mol. The molecule has 0 amide bonds. The highest BCUT2D eigenvalue weighted by atomic mass is 79.9. The molecular weight excluding hydrogens is 302 g/mol. The fourth-order valence-corrected chi connectivity index (χ4v) is 2.86. The highest BCUT2D eigenvalue weighted by molar-refractivity contribution is 9.10. The first kappa shape index (κ1) is 13.3. The Bertz CT molecular complexity index is 408. The van der Waals surface area contributed by atoms with Crippen LogP contribution in [0.15, 0.2) is 16.7 Å². The molecule has 1 atom stereocenters. The lowest BCUT2D eigenvalue weighted by Gasteiger charge is -2.35. The fraction of sp³-hybridized carbons (Fsp3) is 0.615. The Kier molecular flexibility index (Phi) is 4.11. The quantitative estimate of drug-likeness (QED) is 0.761. The molecule has 1 aliphatic heterocycles. The third-order valence-electron chi connectivity index (χ3n) is 3.16. The summed E-state index contributed by atoms with van der Waals surface area (Å²) in [6.07, 6.45) is 3.21. The molecule has 1 fully saturated rings. The SMILES string of the molecule is CC1(C)CC(Cc2ccc(Cl)c(Br)n2)CCO1. The first-order chi connectivity index (χ1) is 7.96. The van der Waals surface area contributed by atoms with Crippen molar-refractivity contribution in [2.24, 2.45) is 5.92 Å². The molecule has 17 heavy (non-hydrogen) atoms. The molecule has 1 unspecified atom stereocenters. The highest BCUT2D eigenvalue weighted by Gasteiger charge is 2.29. The summed E-state index contributed by atoms with van der Waals surface area (Å²) >= 11 is 9.30. The molecular formula is C13H17BrClNO. The Balaban J connectivity index is 2.03. The molecule has 2 heterocycles. The van der Waals surface area contributed by atoms with E-state index in [1.165, 1.54) is 0 Å². The standard InChI is InChI=1S/C13H17BrClNO/c1-13(2)8-9(5-6-17-13)7-10-3-4-11(15)12(14)16-10/h3-4,9H,5-8H2,1-2H3. The van der Waals surface area contributed by atoms with Crippen LogP contribution < -0.4 is 0 Å². The van der Waals surface area contributed by atoms with E-state index in [1.807, 2.05) is 12.1 Å². The first-order valence-corrected chi connectivity index (χ1v) is 7.08. The molecule has 2 rings (SSSR count). The maximum Gasteiger partial charge on any atom is 0.124 e. The van der Waals surface area contributed by atoms with E-state index in [9.17, 15) is 0 Å². The molecule has 0 spiro atoms. The van der Waals surface area contributed by atoms with Crippen LogP contribution in [0.1, 0.15) is 32.4 Å². The molecule has 2 nitrogen and oxygen atoms in total. The van der Waals surface area contributed by atoms with E-state index < -0.39 is 0 Å². The van der Waals surface area contributed by atoms with Crippen molar-refractivity contribution < 1.29 is 4.74 Å². The molecule has 0 aromatic carbocycles. The average molecular weight is 319 g/mol. The van der Waals surface area contributed by atoms with Crippen LogP contribution in [-0.2, 0) is 11.2 Å². The van der Waals surface area contributed by atoms with E-state index in [0.29, 0.717) is 10.9 Å². The van der Waals surface area contributed by atoms with E-state index in [-0.39, 0.29) is 5.60 Å². The van der Waals surface area contributed by atoms with Gasteiger partial charge in [0.1, 0.15) is 4.60 Å². The van der Waals surface area contributed by atoms with Crippen LogP contribution >= 0.6 is 27.5 Å². The van der Waals surface area contributed by atoms with Crippen molar-refractivity contribution in [1.82, 2.24) is 4.98 Å². The van der Waals surface area contributed by atoms with Gasteiger partial charge in [0.25, 0.3) is 0 Å². The summed E-state index contributed by atoms with van der Waals surface area (Å²) in [6.45, 7) is 5.17. The number of aromatic nitrogens is 1. The molecule has 0 N–H and O–H groups in total. The first-order valence-electron chi connectivity index (χ1n) is 5.91. The molecule has 4 heteroatoms. The zero-order valence-electron chi connectivity index (χ0n) is 10.2. The van der Waals surface area contributed by atoms with Crippen molar-refractivity contribution in [2.45, 2.75) is 38.7 Å². The fourth-order valence-electron chi connectivity index (χ4n) is 2.40. The smallest absolute Gasteiger partial charge is 0.124 e. The molecule has 0 aliphatic carbocycles. The van der Waals surface area contributed by atoms with Crippen molar-refractivity contribution >= 4 is 27.5 Å². The molecule has 0 radical (unpaired) electrons. The normalized spacial score (nSPS) is 23.6. The third kappa shape index (κ3) is 3.67. The maximum absolute atomic E-state index is 5.94. The van der Waals surface area contributed by atoms with Crippen molar-refractivity contribution in [3.05, 3.63) is 27.5 Å². The van der Waals surface area contributed by atoms with Crippen molar-refractivity contribution in [2.75, 3.05) is 6.61 Å². The van der Waals surface area contributed by atoms with Gasteiger partial charge in [0.15, 0.2) is 0 Å². The number of ether oxygens (including phenoxy) is 1. The zero-order valence-corrected chi connectivity index (χ0v) is 12.5. The van der Waals surface area contributed by atoms with Gasteiger partial charge in [-0.3, -0.25) is 0 Å². The second-order valence-corrected chi connectivity index (χ2v) is 6.40. The van der Waals surface area contributed by atoms with E-state index >= 15 is 0 Å². The maximum atomic E-state index is 5.94. The van der Waals surface area contributed by atoms with Gasteiger partial charge in [-0.1, -0.05) is 11.6 Å². The third-order valence-corrected chi connectivity index (χ3v) is 4.30. The molecule has 1 aliphatic rings. The van der Waals surface area contributed by atoms with Crippen LogP contribution in [-0.4, -0.2) is 17.2 Å². The molecule has 1 aromatic rings. The van der Waals surface area contributed by atoms with Gasteiger partial charge in [-0.05, 0) is 67.1 Å². The van der Waals surface area contributed by atoms with Crippen LogP contribution in [0.4, 0.5) is 0 Å². The Hall–Kier alpha value is -0.120. The van der Waals surface area contributed by atoms with Crippen LogP contribution in [0.2, 0.25) is 5.02 Å². The van der Waals surface area contributed by atoms with E-state index in [2.05, 4.69) is 34.8 Å². The van der Waals surface area contributed by atoms with Gasteiger partial charge < -0.3 is 4.74 Å². The number of pyridine rings is 1. The van der Waals surface area contributed by atoms with Gasteiger partial charge >= 0.3 is 0 Å². The lowest BCUT2D eigenvalue weighted by Crippen LogP contribution is -2.34. The predicted molar refractivity (Wildman–Crippen MR) is 73.4 cm³/mol. The molecule has 94 valence electrons. The van der Waals surface area contributed by atoms with E-state index in [4.69, 9.17) is 16.3 Å². The van der Waals surface area contributed by atoms with Crippen LogP contribution in [0.3, 0.4) is 0 Å². The summed E-state index contributed by atoms with van der Waals surface area (Å²) < 4.78 is 6.46. The summed E-state index contributed by atoms with van der Waals surface area (Å²) in [6, 6.07) is 3.91. The summed E-state index contributed by atoms with van der Waals surface area (Å²) in [5, 5.41) is 0.668. The van der Waals surface area contributed by atoms with Crippen LogP contribution in [0.5, 0.6) is 0 Å². The minimum atomic E-state index is 0.00652.